The number of hydrogen-bond donors (Lipinski definition) is 1. The molecule has 15 heteroatoms. The van der Waals surface area contributed by atoms with E-state index in [9.17, 15) is 31.5 Å². The van der Waals surface area contributed by atoms with Crippen LogP contribution in [0.2, 0.25) is 0 Å². The van der Waals surface area contributed by atoms with E-state index in [-0.39, 0.29) is 24.5 Å². The van der Waals surface area contributed by atoms with Gasteiger partial charge in [-0.25, -0.2) is 18.4 Å². The predicted molar refractivity (Wildman–Crippen MR) is 106 cm³/mol. The summed E-state index contributed by atoms with van der Waals surface area (Å²) in [5.74, 6) is -1.95. The average molecular weight is 489 g/mol. The summed E-state index contributed by atoms with van der Waals surface area (Å²) < 4.78 is 68.3. The second-order valence-corrected chi connectivity index (χ2v) is 9.54. The van der Waals surface area contributed by atoms with Crippen LogP contribution in [0.15, 0.2) is 41.7 Å². The van der Waals surface area contributed by atoms with Gasteiger partial charge < -0.3 is 14.7 Å². The quantitative estimate of drug-likeness (QED) is 0.572. The van der Waals surface area contributed by atoms with Crippen molar-refractivity contribution in [3.63, 3.8) is 0 Å². The Labute approximate surface area is 182 Å². The summed E-state index contributed by atoms with van der Waals surface area (Å²) in [6.45, 7) is -0.176. The van der Waals surface area contributed by atoms with Crippen molar-refractivity contribution in [2.75, 3.05) is 24.5 Å². The number of halogens is 3. The molecule has 0 unspecified atom stereocenters. The Morgan fingerprint density at radius 1 is 1.22 bits per heavy atom. The van der Waals surface area contributed by atoms with E-state index in [0.717, 1.165) is 28.6 Å². The van der Waals surface area contributed by atoms with Crippen molar-refractivity contribution in [3.8, 4) is 5.75 Å². The number of ether oxygens (including phenoxy) is 1. The molecule has 32 heavy (non-hydrogen) atoms. The number of hydrogen-bond acceptors (Lipinski definition) is 9. The number of nitrogens with zero attached hydrogens (tertiary/aromatic N) is 5. The van der Waals surface area contributed by atoms with Gasteiger partial charge in [-0.1, -0.05) is 11.3 Å². The molecule has 10 nitrogen and oxygen atoms in total. The van der Waals surface area contributed by atoms with Crippen LogP contribution >= 0.6 is 11.3 Å². The van der Waals surface area contributed by atoms with Crippen LogP contribution in [0.5, 0.6) is 5.75 Å². The van der Waals surface area contributed by atoms with Crippen molar-refractivity contribution in [2.45, 2.75) is 17.3 Å². The number of benzene rings is 1. The van der Waals surface area contributed by atoms with Crippen LogP contribution < -0.4 is 9.64 Å². The molecule has 1 fully saturated rings. The molecular formula is C17H14F3N5O5S2. The van der Waals surface area contributed by atoms with Gasteiger partial charge in [-0.05, 0) is 24.3 Å². The molecule has 0 aliphatic carbocycles. The molecule has 0 radical (unpaired) electrons. The van der Waals surface area contributed by atoms with Gasteiger partial charge in [0.25, 0.3) is 0 Å². The van der Waals surface area contributed by atoms with Gasteiger partial charge in [0.15, 0.2) is 10.8 Å². The minimum atomic E-state index is -4.92. The lowest BCUT2D eigenvalue weighted by Gasteiger charge is -2.38. The first-order chi connectivity index (χ1) is 15.0. The number of anilines is 1. The number of piperazine rings is 1. The Balaban J connectivity index is 1.57. The molecule has 0 bridgehead atoms. The second kappa shape index (κ2) is 8.14. The fraction of sp³-hybridized carbons (Fsp3) is 0.294. The first-order valence-corrected chi connectivity index (χ1v) is 11.2. The van der Waals surface area contributed by atoms with Gasteiger partial charge in [-0.2, -0.15) is 9.29 Å². The van der Waals surface area contributed by atoms with Crippen molar-refractivity contribution in [3.05, 3.63) is 36.8 Å². The van der Waals surface area contributed by atoms with E-state index in [1.165, 1.54) is 17.7 Å². The topological polar surface area (TPSA) is 126 Å². The number of aliphatic carboxylic acids is 1. The molecule has 3 aromatic rings. The highest BCUT2D eigenvalue weighted by molar-refractivity contribution is 7.89. The number of carbonyl (C=O) groups is 1. The van der Waals surface area contributed by atoms with E-state index in [1.54, 1.807) is 11.1 Å². The van der Waals surface area contributed by atoms with Gasteiger partial charge in [0.2, 0.25) is 10.0 Å². The lowest BCUT2D eigenvalue weighted by molar-refractivity contribution is -0.274. The molecule has 1 aliphatic rings. The molecule has 3 heterocycles. The van der Waals surface area contributed by atoms with Crippen LogP contribution in [-0.2, 0) is 14.8 Å². The molecule has 1 atom stereocenters. The fourth-order valence-electron chi connectivity index (χ4n) is 3.19. The van der Waals surface area contributed by atoms with Crippen LogP contribution in [0.3, 0.4) is 0 Å². The third-order valence-corrected chi connectivity index (χ3v) is 7.57. The highest BCUT2D eigenvalue weighted by Crippen LogP contribution is 2.31. The molecule has 1 aromatic carbocycles. The minimum absolute atomic E-state index is 0.158. The lowest BCUT2D eigenvalue weighted by Crippen LogP contribution is -2.58. The van der Waals surface area contributed by atoms with Gasteiger partial charge in [0.05, 0.1) is 9.60 Å². The van der Waals surface area contributed by atoms with Crippen molar-refractivity contribution >= 4 is 42.8 Å². The molecule has 1 N–H and O–H groups in total. The van der Waals surface area contributed by atoms with Crippen molar-refractivity contribution in [1.29, 1.82) is 0 Å². The van der Waals surface area contributed by atoms with Crippen molar-refractivity contribution < 1.29 is 36.2 Å². The maximum Gasteiger partial charge on any atom is 0.573 e. The average Bonchev–Trinajstić information content (AvgIpc) is 3.17. The first-order valence-electron chi connectivity index (χ1n) is 8.96. The second-order valence-electron chi connectivity index (χ2n) is 6.64. The number of carboxylic acids is 1. The zero-order valence-corrected chi connectivity index (χ0v) is 17.6. The third kappa shape index (κ3) is 4.44. The maximum absolute atomic E-state index is 13.0. The third-order valence-electron chi connectivity index (χ3n) is 4.61. The Morgan fingerprint density at radius 3 is 2.56 bits per heavy atom. The number of sulfonamides is 1. The maximum atomic E-state index is 13.0. The van der Waals surface area contributed by atoms with E-state index in [1.807, 2.05) is 0 Å². The van der Waals surface area contributed by atoms with Gasteiger partial charge in [-0.3, -0.25) is 4.79 Å². The monoisotopic (exact) mass is 489 g/mol. The van der Waals surface area contributed by atoms with E-state index in [2.05, 4.69) is 19.7 Å². The zero-order valence-electron chi connectivity index (χ0n) is 15.9. The summed E-state index contributed by atoms with van der Waals surface area (Å²) in [5, 5.41) is 10.2. The number of aromatic nitrogens is 3. The predicted octanol–water partition coefficient (Wildman–Crippen LogP) is 1.95. The summed E-state index contributed by atoms with van der Waals surface area (Å²) in [7, 11) is -4.30. The molecule has 4 rings (SSSR count). The normalized spacial score (nSPS) is 18.1. The smallest absolute Gasteiger partial charge is 0.480 e. The lowest BCUT2D eigenvalue weighted by atomic mass is 10.2. The number of alkyl halides is 3. The van der Waals surface area contributed by atoms with Gasteiger partial charge in [-0.15, -0.1) is 13.2 Å². The highest BCUT2D eigenvalue weighted by Gasteiger charge is 2.41. The van der Waals surface area contributed by atoms with Crippen LogP contribution in [0.4, 0.5) is 18.3 Å². The Morgan fingerprint density at radius 2 is 1.94 bits per heavy atom. The highest BCUT2D eigenvalue weighted by atomic mass is 32.2. The SMILES string of the molecule is O=C(O)[C@H]1CN(c2nc3ncncc3s2)CCN1S(=O)(=O)c1ccc(OC(F)(F)F)cc1. The van der Waals surface area contributed by atoms with E-state index in [0.29, 0.717) is 15.5 Å². The van der Waals surface area contributed by atoms with Crippen molar-refractivity contribution in [2.24, 2.45) is 0 Å². The van der Waals surface area contributed by atoms with Gasteiger partial charge in [0, 0.05) is 25.8 Å². The fourth-order valence-corrected chi connectivity index (χ4v) is 5.68. The van der Waals surface area contributed by atoms with Crippen LogP contribution in [0.1, 0.15) is 0 Å². The van der Waals surface area contributed by atoms with Crippen LogP contribution in [0.25, 0.3) is 10.3 Å². The molecule has 1 aliphatic heterocycles. The summed E-state index contributed by atoms with van der Waals surface area (Å²) in [6, 6.07) is 2.16. The largest absolute Gasteiger partial charge is 0.573 e. The number of thiazole rings is 1. The molecular weight excluding hydrogens is 475 g/mol. The molecule has 0 spiro atoms. The van der Waals surface area contributed by atoms with Crippen LogP contribution in [-0.4, -0.2) is 70.8 Å². The summed E-state index contributed by atoms with van der Waals surface area (Å²) >= 11 is 1.25. The summed E-state index contributed by atoms with van der Waals surface area (Å²) in [5.41, 5.74) is 0.447. The molecule has 170 valence electrons. The molecule has 0 amide bonds. The van der Waals surface area contributed by atoms with E-state index >= 15 is 0 Å². The van der Waals surface area contributed by atoms with E-state index < -0.39 is 34.1 Å². The minimum Gasteiger partial charge on any atom is -0.480 e. The summed E-state index contributed by atoms with van der Waals surface area (Å²) in [6.07, 6.45) is -2.01. The van der Waals surface area contributed by atoms with Gasteiger partial charge in [0.1, 0.15) is 18.1 Å². The van der Waals surface area contributed by atoms with Crippen molar-refractivity contribution in [1.82, 2.24) is 19.3 Å². The Kier molecular flexibility index (Phi) is 5.64. The standard InChI is InChI=1S/C17H14F3N5O5S2/c18-17(19,20)30-10-1-3-11(4-2-10)32(28,29)25-6-5-24(8-12(25)15(26)27)16-23-14-13(31-16)7-21-9-22-14/h1-4,7,9,12H,5-6,8H2,(H,26,27)/t12-/m1/s1. The Hall–Kier alpha value is -3.04. The number of fused-ring (bicyclic) bond motifs is 1. The van der Waals surface area contributed by atoms with Crippen LogP contribution in [0, 0.1) is 0 Å². The molecule has 2 aromatic heterocycles. The van der Waals surface area contributed by atoms with E-state index in [4.69, 9.17) is 0 Å². The first kappa shape index (κ1) is 22.2. The van der Waals surface area contributed by atoms with Gasteiger partial charge >= 0.3 is 12.3 Å². The number of rotatable bonds is 5. The Bertz CT molecular complexity index is 1220. The molecule has 1 saturated heterocycles. The summed E-state index contributed by atoms with van der Waals surface area (Å²) in [4.78, 5) is 25.5. The number of carboxylic acid groups (broad SMARTS) is 1. The zero-order chi connectivity index (χ0) is 23.1. The molecule has 0 saturated carbocycles.